The average molecular weight is 193 g/mol. The Kier molecular flexibility index (Phi) is 2.37. The Morgan fingerprint density at radius 2 is 2.36 bits per heavy atom. The number of hydrogen-bond acceptors (Lipinski definition) is 4. The lowest BCUT2D eigenvalue weighted by atomic mass is 10.0. The van der Waals surface area contributed by atoms with Crippen molar-refractivity contribution in [1.82, 2.24) is 5.48 Å². The van der Waals surface area contributed by atoms with E-state index in [9.17, 15) is 4.79 Å². The highest BCUT2D eigenvalue weighted by Gasteiger charge is 2.25. The smallest absolute Gasteiger partial charge is 0.326 e. The van der Waals surface area contributed by atoms with Crippen LogP contribution in [-0.2, 0) is 16.0 Å². The van der Waals surface area contributed by atoms with E-state index in [1.165, 1.54) is 7.11 Å². The molecule has 4 heteroatoms. The van der Waals surface area contributed by atoms with E-state index in [1.54, 1.807) is 0 Å². The molecule has 2 rings (SSSR count). The van der Waals surface area contributed by atoms with Gasteiger partial charge in [-0.15, -0.1) is 5.48 Å². The topological polar surface area (TPSA) is 47.6 Å². The lowest BCUT2D eigenvalue weighted by molar-refractivity contribution is -0.145. The predicted octanol–water partition coefficient (Wildman–Crippen LogP) is 0.668. The standard InChI is InChI=1S/C10H11NO3/c1-13-10(12)8-6-7-4-2-3-5-9(7)14-11-8/h2-5,8,11H,6H2,1H3. The molecule has 1 unspecified atom stereocenters. The van der Waals surface area contributed by atoms with E-state index in [4.69, 9.17) is 4.84 Å². The van der Waals surface area contributed by atoms with Gasteiger partial charge in [0.1, 0.15) is 11.8 Å². The predicted molar refractivity (Wildman–Crippen MR) is 49.7 cm³/mol. The largest absolute Gasteiger partial charge is 0.468 e. The summed E-state index contributed by atoms with van der Waals surface area (Å²) in [7, 11) is 1.37. The third-order valence-electron chi connectivity index (χ3n) is 2.19. The molecule has 1 atom stereocenters. The summed E-state index contributed by atoms with van der Waals surface area (Å²) in [5.74, 6) is 0.465. The minimum Gasteiger partial charge on any atom is -0.468 e. The molecule has 1 aliphatic heterocycles. The molecule has 0 spiro atoms. The van der Waals surface area contributed by atoms with Crippen molar-refractivity contribution in [3.05, 3.63) is 29.8 Å². The first-order valence-corrected chi connectivity index (χ1v) is 4.39. The second kappa shape index (κ2) is 3.67. The Labute approximate surface area is 81.8 Å². The first kappa shape index (κ1) is 9.02. The summed E-state index contributed by atoms with van der Waals surface area (Å²) < 4.78 is 4.62. The third kappa shape index (κ3) is 1.56. The van der Waals surface area contributed by atoms with E-state index in [2.05, 4.69) is 10.2 Å². The zero-order valence-corrected chi connectivity index (χ0v) is 7.82. The highest BCUT2D eigenvalue weighted by molar-refractivity contribution is 5.76. The molecule has 14 heavy (non-hydrogen) atoms. The number of carbonyl (C=O) groups excluding carboxylic acids is 1. The number of hydrogen-bond donors (Lipinski definition) is 1. The molecule has 0 saturated heterocycles. The number of hydroxylamine groups is 1. The fourth-order valence-electron chi connectivity index (χ4n) is 1.44. The Balaban J connectivity index is 2.17. The van der Waals surface area contributed by atoms with Crippen LogP contribution in [-0.4, -0.2) is 19.1 Å². The van der Waals surface area contributed by atoms with Crippen LogP contribution in [0.15, 0.2) is 24.3 Å². The first-order chi connectivity index (χ1) is 6.81. The lowest BCUT2D eigenvalue weighted by Crippen LogP contribution is -2.44. The van der Waals surface area contributed by atoms with Crippen LogP contribution in [0.4, 0.5) is 0 Å². The van der Waals surface area contributed by atoms with Gasteiger partial charge in [0.2, 0.25) is 0 Å². The highest BCUT2D eigenvalue weighted by Crippen LogP contribution is 2.22. The molecule has 74 valence electrons. The van der Waals surface area contributed by atoms with Crippen LogP contribution in [0.25, 0.3) is 0 Å². The highest BCUT2D eigenvalue weighted by atomic mass is 16.7. The normalized spacial score (nSPS) is 19.4. The molecular formula is C10H11NO3. The van der Waals surface area contributed by atoms with Crippen LogP contribution in [0.5, 0.6) is 5.75 Å². The number of methoxy groups -OCH3 is 1. The second-order valence-corrected chi connectivity index (χ2v) is 3.11. The zero-order valence-electron chi connectivity index (χ0n) is 7.82. The van der Waals surface area contributed by atoms with Gasteiger partial charge in [0.25, 0.3) is 0 Å². The molecule has 1 N–H and O–H groups in total. The summed E-state index contributed by atoms with van der Waals surface area (Å²) in [6.07, 6.45) is 0.600. The van der Waals surface area contributed by atoms with E-state index >= 15 is 0 Å². The number of nitrogens with one attached hydrogen (secondary N) is 1. The van der Waals surface area contributed by atoms with E-state index in [0.717, 1.165) is 11.3 Å². The minimum atomic E-state index is -0.408. The van der Waals surface area contributed by atoms with Gasteiger partial charge >= 0.3 is 5.97 Å². The van der Waals surface area contributed by atoms with Crippen LogP contribution < -0.4 is 10.3 Å². The van der Waals surface area contributed by atoms with Crippen molar-refractivity contribution in [3.8, 4) is 5.75 Å². The Morgan fingerprint density at radius 3 is 3.14 bits per heavy atom. The summed E-state index contributed by atoms with van der Waals surface area (Å²) in [4.78, 5) is 16.4. The van der Waals surface area contributed by atoms with Crippen LogP contribution in [0, 0.1) is 0 Å². The summed E-state index contributed by atoms with van der Waals surface area (Å²) in [5.41, 5.74) is 3.67. The maximum atomic E-state index is 11.2. The van der Waals surface area contributed by atoms with Gasteiger partial charge in [0.05, 0.1) is 7.11 Å². The van der Waals surface area contributed by atoms with E-state index in [1.807, 2.05) is 24.3 Å². The molecule has 0 amide bonds. The third-order valence-corrected chi connectivity index (χ3v) is 2.19. The minimum absolute atomic E-state index is 0.306. The molecule has 1 heterocycles. The van der Waals surface area contributed by atoms with Crippen molar-refractivity contribution in [2.45, 2.75) is 12.5 Å². The van der Waals surface area contributed by atoms with Gasteiger partial charge in [-0.3, -0.25) is 4.79 Å². The van der Waals surface area contributed by atoms with E-state index < -0.39 is 6.04 Å². The fraction of sp³-hybridized carbons (Fsp3) is 0.300. The molecule has 0 saturated carbocycles. The summed E-state index contributed by atoms with van der Waals surface area (Å²) in [6.45, 7) is 0. The molecular weight excluding hydrogens is 182 g/mol. The molecule has 4 nitrogen and oxygen atoms in total. The van der Waals surface area contributed by atoms with Gasteiger partial charge in [-0.25, -0.2) is 0 Å². The quantitative estimate of drug-likeness (QED) is 0.666. The van der Waals surface area contributed by atoms with Crippen molar-refractivity contribution in [2.75, 3.05) is 7.11 Å². The van der Waals surface area contributed by atoms with Gasteiger partial charge in [-0.2, -0.15) is 0 Å². The Bertz CT molecular complexity index is 351. The number of carbonyl (C=O) groups is 1. The Hall–Kier alpha value is -1.55. The van der Waals surface area contributed by atoms with Crippen LogP contribution in [0.1, 0.15) is 5.56 Å². The average Bonchev–Trinajstić information content (AvgIpc) is 2.27. The number of para-hydroxylation sites is 1. The second-order valence-electron chi connectivity index (χ2n) is 3.11. The maximum absolute atomic E-state index is 11.2. The van der Waals surface area contributed by atoms with Gasteiger partial charge < -0.3 is 9.57 Å². The first-order valence-electron chi connectivity index (χ1n) is 4.39. The van der Waals surface area contributed by atoms with Crippen LogP contribution >= 0.6 is 0 Å². The van der Waals surface area contributed by atoms with Crippen molar-refractivity contribution >= 4 is 5.97 Å². The number of esters is 1. The zero-order chi connectivity index (χ0) is 9.97. The van der Waals surface area contributed by atoms with Crippen molar-refractivity contribution in [2.24, 2.45) is 0 Å². The maximum Gasteiger partial charge on any atom is 0.326 e. The number of rotatable bonds is 1. The van der Waals surface area contributed by atoms with E-state index in [0.29, 0.717) is 6.42 Å². The van der Waals surface area contributed by atoms with Gasteiger partial charge in [-0.05, 0) is 11.6 Å². The van der Waals surface area contributed by atoms with Crippen LogP contribution in [0.2, 0.25) is 0 Å². The summed E-state index contributed by atoms with van der Waals surface area (Å²) >= 11 is 0. The molecule has 0 bridgehead atoms. The van der Waals surface area contributed by atoms with Gasteiger partial charge in [-0.1, -0.05) is 18.2 Å². The Morgan fingerprint density at radius 1 is 1.57 bits per heavy atom. The van der Waals surface area contributed by atoms with Crippen molar-refractivity contribution in [3.63, 3.8) is 0 Å². The monoisotopic (exact) mass is 193 g/mol. The summed E-state index contributed by atoms with van der Waals surface area (Å²) in [6, 6.07) is 7.19. The van der Waals surface area contributed by atoms with Gasteiger partial charge in [0.15, 0.2) is 0 Å². The SMILES string of the molecule is COC(=O)C1Cc2ccccc2ON1. The number of ether oxygens (including phenoxy) is 1. The number of fused-ring (bicyclic) bond motifs is 1. The molecule has 1 aromatic carbocycles. The molecule has 0 aromatic heterocycles. The molecule has 1 aromatic rings. The van der Waals surface area contributed by atoms with Crippen molar-refractivity contribution < 1.29 is 14.4 Å². The molecule has 1 aliphatic rings. The lowest BCUT2D eigenvalue weighted by Gasteiger charge is -2.23. The molecule has 0 aliphatic carbocycles. The molecule has 0 radical (unpaired) electrons. The summed E-state index contributed by atoms with van der Waals surface area (Å²) in [5, 5.41) is 0. The molecule has 0 fully saturated rings. The fourth-order valence-corrected chi connectivity index (χ4v) is 1.44. The van der Waals surface area contributed by atoms with Gasteiger partial charge in [0, 0.05) is 6.42 Å². The van der Waals surface area contributed by atoms with E-state index in [-0.39, 0.29) is 5.97 Å². The van der Waals surface area contributed by atoms with Crippen molar-refractivity contribution in [1.29, 1.82) is 0 Å². The number of benzene rings is 1. The van der Waals surface area contributed by atoms with Crippen LogP contribution in [0.3, 0.4) is 0 Å².